The average Bonchev–Trinajstić information content (AvgIpc) is 1.50. The Morgan fingerprint density at radius 2 is 0.625 bits per heavy atom. The van der Waals surface area contributed by atoms with Crippen molar-refractivity contribution in [2.45, 2.75) is 10.8 Å². The fourth-order valence-corrected chi connectivity index (χ4v) is 25.8. The van der Waals surface area contributed by atoms with Gasteiger partial charge in [-0.1, -0.05) is 346 Å². The van der Waals surface area contributed by atoms with Gasteiger partial charge in [-0.15, -0.1) is 22.7 Å². The Kier molecular flexibility index (Phi) is 15.2. The van der Waals surface area contributed by atoms with E-state index in [-0.39, 0.29) is 0 Å². The number of fused-ring (bicyclic) bond motifs is 30. The summed E-state index contributed by atoms with van der Waals surface area (Å²) in [6.07, 6.45) is 0. The molecule has 0 fully saturated rings. The topological polar surface area (TPSA) is 16.3 Å². The molecule has 0 saturated heterocycles. The number of hydrogen-bond donors (Lipinski definition) is 0. The van der Waals surface area contributed by atoms with E-state index >= 15 is 0 Å². The molecule has 1 unspecified atom stereocenters. The minimum atomic E-state index is -0.687. The molecule has 0 radical (unpaired) electrons. The van der Waals surface area contributed by atoms with Crippen LogP contribution in [0.5, 0.6) is 0 Å². The van der Waals surface area contributed by atoms with Crippen LogP contribution in [0.1, 0.15) is 44.5 Å². The standard InChI is InChI=1S/C122H74N4S2/c1-3-27-75(28-4-1)79-31-19-33-84(71-79)123(86-68-69-104-112(74-86)126-108-54-16-10-37-92(108)94-43-23-52-106(117(94)126)121(104)100-47-12-7-35-90(100)91-36-8-13-48-101(91)121)82-64-59-77(60-65-82)87-40-25-58-114-115(87)98-46-22-42-89(120(98)128-114)81-63-70-109-99(73-81)95-44-24-53-107-118(95)125(109)110-55-17-15-50-103(110)122(107)102-49-14-9-39-97(102)116-105(122)51-26-56-111(116)124(85-34-20-32-80(72-85)76-29-5-2-6-30-76)83-66-61-78(62-67-83)88-41-21-45-96-93-38-11-18-57-113(93)127-119(88)96/h1-74H. The van der Waals surface area contributed by atoms with Gasteiger partial charge in [0.05, 0.1) is 50.0 Å². The van der Waals surface area contributed by atoms with Crippen LogP contribution in [0, 0.1) is 0 Å². The summed E-state index contributed by atoms with van der Waals surface area (Å²) in [6.45, 7) is 0. The van der Waals surface area contributed by atoms with Crippen molar-refractivity contribution >= 4 is 141 Å². The van der Waals surface area contributed by atoms with Crippen LogP contribution in [-0.2, 0) is 10.8 Å². The van der Waals surface area contributed by atoms with Crippen molar-refractivity contribution in [1.82, 2.24) is 9.13 Å². The molecule has 2 spiro atoms. The van der Waals surface area contributed by atoms with E-state index in [2.05, 4.69) is 468 Å². The number of nitrogens with zero attached hydrogens (tertiary/aromatic N) is 4. The van der Waals surface area contributed by atoms with Gasteiger partial charge >= 0.3 is 0 Å². The zero-order valence-corrected chi connectivity index (χ0v) is 71.0. The molecule has 24 aromatic rings. The third-order valence-electron chi connectivity index (χ3n) is 28.5. The molecule has 6 heterocycles. The highest BCUT2D eigenvalue weighted by Crippen LogP contribution is 2.66. The molecule has 28 rings (SSSR count). The van der Waals surface area contributed by atoms with Gasteiger partial charge in [0.2, 0.25) is 0 Å². The van der Waals surface area contributed by atoms with Crippen LogP contribution in [0.3, 0.4) is 0 Å². The van der Waals surface area contributed by atoms with Gasteiger partial charge in [0.15, 0.2) is 0 Å². The number of rotatable bonds is 11. The maximum Gasteiger partial charge on any atom is 0.0755 e. The number of hydrogen-bond acceptors (Lipinski definition) is 4. The fraction of sp³-hybridized carbons (Fsp3) is 0.0164. The van der Waals surface area contributed by atoms with Gasteiger partial charge in [0.25, 0.3) is 0 Å². The first kappa shape index (κ1) is 71.5. The Morgan fingerprint density at radius 3 is 1.34 bits per heavy atom. The first-order valence-corrected chi connectivity index (χ1v) is 45.9. The molecular formula is C122H74N4S2. The molecule has 594 valence electrons. The molecule has 0 amide bonds. The maximum atomic E-state index is 2.59. The lowest BCUT2D eigenvalue weighted by Gasteiger charge is -2.40. The van der Waals surface area contributed by atoms with Gasteiger partial charge in [-0.3, -0.25) is 0 Å². The van der Waals surface area contributed by atoms with Crippen LogP contribution in [0.15, 0.2) is 449 Å². The lowest BCUT2D eigenvalue weighted by atomic mass is 9.65. The smallest absolute Gasteiger partial charge is 0.0755 e. The van der Waals surface area contributed by atoms with Crippen molar-refractivity contribution < 1.29 is 0 Å². The SMILES string of the molecule is c1ccc(-c2cccc(N(c3ccc(-c4cccc5sc6c(-c7ccc8c(c7)c7cccc9c7n8-c7ccccc7C97c8ccccc8-c8c(N(c9ccc(-c%10cccc%11c%10sc%10ccccc%10%11)cc9)c9cccc(-c%10ccccc%10)c9)cccc87)cccc6c45)cc3)c3ccc4c(c3)-n3c5ccccc5c5cccc(c53)C43c4ccccc4-c4ccccc43)c2)cc1. The largest absolute Gasteiger partial charge is 0.310 e. The molecule has 1 atom stereocenters. The van der Waals surface area contributed by atoms with E-state index in [9.17, 15) is 0 Å². The number of benzene rings is 20. The normalized spacial score (nSPS) is 14.0. The lowest BCUT2D eigenvalue weighted by Crippen LogP contribution is -2.33. The molecule has 2 aliphatic carbocycles. The summed E-state index contributed by atoms with van der Waals surface area (Å²) < 4.78 is 10.3. The van der Waals surface area contributed by atoms with Crippen LogP contribution >= 0.6 is 22.7 Å². The third kappa shape index (κ3) is 9.87. The third-order valence-corrected chi connectivity index (χ3v) is 30.9. The quantitative estimate of drug-likeness (QED) is 0.128. The summed E-state index contributed by atoms with van der Waals surface area (Å²) in [4.78, 5) is 5.00. The van der Waals surface area contributed by atoms with Crippen LogP contribution in [-0.4, -0.2) is 9.13 Å². The Bertz CT molecular complexity index is 8800. The Hall–Kier alpha value is -16.0. The first-order chi connectivity index (χ1) is 63.5. The first-order valence-electron chi connectivity index (χ1n) is 44.3. The van der Waals surface area contributed by atoms with Gasteiger partial charge < -0.3 is 18.9 Å². The number of anilines is 6. The highest BCUT2D eigenvalue weighted by molar-refractivity contribution is 7.26. The van der Waals surface area contributed by atoms with E-state index < -0.39 is 10.8 Å². The van der Waals surface area contributed by atoms with Crippen molar-refractivity contribution in [2.24, 2.45) is 0 Å². The summed E-state index contributed by atoms with van der Waals surface area (Å²) in [6, 6.07) is 170. The van der Waals surface area contributed by atoms with Crippen LogP contribution in [0.25, 0.3) is 173 Å². The molecule has 0 saturated carbocycles. The van der Waals surface area contributed by atoms with E-state index in [0.717, 1.165) is 50.8 Å². The second-order valence-corrected chi connectivity index (χ2v) is 36.8. The predicted molar refractivity (Wildman–Crippen MR) is 539 cm³/mol. The Balaban J connectivity index is 0.572. The van der Waals surface area contributed by atoms with Gasteiger partial charge in [-0.25, -0.2) is 0 Å². The van der Waals surface area contributed by atoms with Crippen LogP contribution < -0.4 is 9.80 Å². The molecule has 128 heavy (non-hydrogen) atoms. The zero-order valence-electron chi connectivity index (χ0n) is 69.3. The van der Waals surface area contributed by atoms with Crippen molar-refractivity contribution in [3.05, 3.63) is 493 Å². The molecule has 0 N–H and O–H groups in total. The van der Waals surface area contributed by atoms with Gasteiger partial charge in [0.1, 0.15) is 0 Å². The maximum absolute atomic E-state index is 2.59. The van der Waals surface area contributed by atoms with Gasteiger partial charge in [-0.05, 0) is 220 Å². The van der Waals surface area contributed by atoms with Crippen LogP contribution in [0.2, 0.25) is 0 Å². The molecule has 4 aliphatic rings. The monoisotopic (exact) mass is 1660 g/mol. The minimum Gasteiger partial charge on any atom is -0.310 e. The van der Waals surface area contributed by atoms with Crippen molar-refractivity contribution in [2.75, 3.05) is 9.80 Å². The molecule has 4 aromatic heterocycles. The number of para-hydroxylation sites is 4. The molecule has 6 heteroatoms. The van der Waals surface area contributed by atoms with E-state index in [0.29, 0.717) is 0 Å². The molecule has 0 bridgehead atoms. The average molecular weight is 1660 g/mol. The Morgan fingerprint density at radius 1 is 0.203 bits per heavy atom. The summed E-state index contributed by atoms with van der Waals surface area (Å²) in [5.74, 6) is 0. The van der Waals surface area contributed by atoms with Gasteiger partial charge in [0, 0.05) is 95.9 Å². The molecular weight excluding hydrogens is 1590 g/mol. The molecule has 4 nitrogen and oxygen atoms in total. The fourth-order valence-electron chi connectivity index (χ4n) is 23.3. The molecule has 20 aromatic carbocycles. The Labute approximate surface area is 747 Å². The zero-order chi connectivity index (χ0) is 83.6. The summed E-state index contributed by atoms with van der Waals surface area (Å²) in [5, 5.41) is 10.1. The van der Waals surface area contributed by atoms with Crippen molar-refractivity contribution in [3.8, 4) is 89.3 Å². The molecule has 2 aliphatic heterocycles. The summed E-state index contributed by atoms with van der Waals surface area (Å²) >= 11 is 3.78. The minimum absolute atomic E-state index is 0.564. The van der Waals surface area contributed by atoms with Gasteiger partial charge in [-0.2, -0.15) is 0 Å². The van der Waals surface area contributed by atoms with Crippen molar-refractivity contribution in [3.63, 3.8) is 0 Å². The highest BCUT2D eigenvalue weighted by atomic mass is 32.1. The van der Waals surface area contributed by atoms with E-state index in [1.54, 1.807) is 0 Å². The number of aromatic nitrogens is 2. The van der Waals surface area contributed by atoms with E-state index in [1.165, 1.54) is 201 Å². The van der Waals surface area contributed by atoms with Crippen molar-refractivity contribution in [1.29, 1.82) is 0 Å². The highest BCUT2D eigenvalue weighted by Gasteiger charge is 2.54. The van der Waals surface area contributed by atoms with E-state index in [1.807, 2.05) is 22.7 Å². The van der Waals surface area contributed by atoms with Crippen LogP contribution in [0.4, 0.5) is 34.1 Å². The van der Waals surface area contributed by atoms with E-state index in [4.69, 9.17) is 0 Å². The second kappa shape index (κ2) is 27.3. The second-order valence-electron chi connectivity index (χ2n) is 34.7. The summed E-state index contributed by atoms with van der Waals surface area (Å²) in [5.41, 5.74) is 39.8. The number of thiophene rings is 2. The summed E-state index contributed by atoms with van der Waals surface area (Å²) in [7, 11) is 0. The lowest BCUT2D eigenvalue weighted by molar-refractivity contribution is 0.748. The predicted octanol–water partition coefficient (Wildman–Crippen LogP) is 33.2.